The van der Waals surface area contributed by atoms with Gasteiger partial charge >= 0.3 is 186 Å². The number of ether oxygens (including phenoxy) is 3. The van der Waals surface area contributed by atoms with Crippen LogP contribution >= 0.6 is 0 Å². The third-order valence-corrected chi connectivity index (χ3v) is 3.99. The molecule has 32 heavy (non-hydrogen) atoms. The number of carbonyl (C=O) groups excluding carboxylic acids is 2. The van der Waals surface area contributed by atoms with Crippen molar-refractivity contribution in [1.82, 2.24) is 10.6 Å². The normalized spacial score (nSPS) is 14.6. The van der Waals surface area contributed by atoms with Gasteiger partial charge < -0.3 is 0 Å². The molecule has 1 amide bonds. The van der Waals surface area contributed by atoms with Crippen molar-refractivity contribution in [1.29, 1.82) is 0 Å². The molecule has 1 aromatic carbocycles. The van der Waals surface area contributed by atoms with Crippen molar-refractivity contribution in [2.75, 3.05) is 6.61 Å². The van der Waals surface area contributed by atoms with E-state index in [9.17, 15) is 14.7 Å². The molecule has 0 saturated carbocycles. The first-order valence-corrected chi connectivity index (χ1v) is 10.6. The number of aliphatic hydroxyl groups excluding tert-OH is 1. The van der Waals surface area contributed by atoms with Gasteiger partial charge in [0.25, 0.3) is 0 Å². The molecule has 177 valence electrons. The number of hydrogen-bond donors (Lipinski definition) is 3. The molecule has 0 aliphatic carbocycles. The van der Waals surface area contributed by atoms with Crippen LogP contribution < -0.4 is 10.6 Å². The first-order chi connectivity index (χ1) is 14.7. The van der Waals surface area contributed by atoms with Crippen LogP contribution in [-0.2, 0) is 30.4 Å². The number of hydrogen-bond acceptors (Lipinski definition) is 7. The van der Waals surface area contributed by atoms with Crippen LogP contribution in [0.3, 0.4) is 0 Å². The molecule has 0 aromatic heterocycles. The molecule has 1 aromatic rings. The van der Waals surface area contributed by atoms with Gasteiger partial charge in [0.2, 0.25) is 0 Å². The molecule has 0 fully saturated rings. The zero-order chi connectivity index (χ0) is 24.5. The monoisotopic (exact) mass is 447 g/mol. The average Bonchev–Trinajstić information content (AvgIpc) is 2.65. The Morgan fingerprint density at radius 2 is 1.62 bits per heavy atom. The Morgan fingerprint density at radius 1 is 1.03 bits per heavy atom. The van der Waals surface area contributed by atoms with E-state index < -0.39 is 41.3 Å². The predicted molar refractivity (Wildman–Crippen MR) is 124 cm³/mol. The average molecular weight is 447 g/mol. The Balaban J connectivity index is 2.88. The maximum absolute atomic E-state index is 12.9. The van der Waals surface area contributed by atoms with E-state index >= 15 is 0 Å². The fraction of sp³-hybridized carbons (Fsp3) is 0.609. The summed E-state index contributed by atoms with van der Waals surface area (Å²) in [5.41, 5.74) is -0.322. The van der Waals surface area contributed by atoms with E-state index in [2.05, 4.69) is 10.6 Å². The molecule has 3 N–H and O–H groups in total. The van der Waals surface area contributed by atoms with E-state index in [0.717, 1.165) is 5.56 Å². The minimum atomic E-state index is -1.16. The summed E-state index contributed by atoms with van der Waals surface area (Å²) in [6.07, 6.45) is -1.12. The Kier molecular flexibility index (Phi) is 10.4. The van der Waals surface area contributed by atoms with Gasteiger partial charge in [-0.25, -0.2) is 0 Å². The topological polar surface area (TPSA) is 106 Å². The molecule has 3 atom stereocenters. The van der Waals surface area contributed by atoms with Crippen LogP contribution in [-0.4, -0.2) is 66.2 Å². The fourth-order valence-corrected chi connectivity index (χ4v) is 2.51. The van der Waals surface area contributed by atoms with Gasteiger partial charge in [0, 0.05) is 0 Å². The molecule has 1 rings (SSSR count). The summed E-state index contributed by atoms with van der Waals surface area (Å²) in [6.45, 7) is 12.3. The molecule has 0 aliphatic heterocycles. The van der Waals surface area contributed by atoms with Crippen LogP contribution in [0.4, 0.5) is 0 Å². The third kappa shape index (κ3) is 11.3. The molecule has 0 spiro atoms. The Bertz CT molecular complexity index is 756. The van der Waals surface area contributed by atoms with E-state index in [1.807, 2.05) is 51.1 Å². The number of nitrogens with one attached hydrogen (secondary N) is 2. The first-order valence-electron chi connectivity index (χ1n) is 10.6. The van der Waals surface area contributed by atoms with Crippen molar-refractivity contribution in [2.24, 2.45) is 0 Å². The van der Waals surface area contributed by atoms with Crippen molar-refractivity contribution in [2.45, 2.75) is 84.5 Å². The van der Waals surface area contributed by atoms with Crippen LogP contribution in [0.5, 0.6) is 0 Å². The zero-order valence-corrected chi connectivity index (χ0v) is 20.1. The molecule has 1 radical (unpaired) electrons. The second-order valence-electron chi connectivity index (χ2n) is 9.52. The summed E-state index contributed by atoms with van der Waals surface area (Å²) in [4.78, 5) is 25.6. The van der Waals surface area contributed by atoms with E-state index in [1.54, 1.807) is 20.8 Å². The molecule has 0 saturated heterocycles. The molecule has 8 nitrogen and oxygen atoms in total. The van der Waals surface area contributed by atoms with Crippen molar-refractivity contribution in [3.05, 3.63) is 35.9 Å². The third-order valence-electron chi connectivity index (χ3n) is 3.99. The van der Waals surface area contributed by atoms with Crippen LogP contribution in [0.25, 0.3) is 0 Å². The summed E-state index contributed by atoms with van der Waals surface area (Å²) in [7, 11) is 5.83. The van der Waals surface area contributed by atoms with Crippen molar-refractivity contribution in [3.8, 4) is 0 Å². The molecule has 9 heteroatoms. The summed E-state index contributed by atoms with van der Waals surface area (Å²) in [6, 6.07) is 6.95. The zero-order valence-electron chi connectivity index (χ0n) is 20.1. The SMILES string of the molecule is [B]=C(N[C@H](C(=O)N[C@@H](COC(C)(C)C)C(=O)OCc1ccccc1)[C@@H](C)O)OC(C)(C)C. The Morgan fingerprint density at radius 3 is 2.12 bits per heavy atom. The van der Waals surface area contributed by atoms with Gasteiger partial charge in [0.15, 0.2) is 0 Å². The van der Waals surface area contributed by atoms with E-state index in [-0.39, 0.29) is 19.0 Å². The van der Waals surface area contributed by atoms with Crippen molar-refractivity contribution >= 4 is 25.1 Å². The quantitative estimate of drug-likeness (QED) is 0.348. The summed E-state index contributed by atoms with van der Waals surface area (Å²) in [5, 5.41) is 15.4. The summed E-state index contributed by atoms with van der Waals surface area (Å²) >= 11 is 0. The van der Waals surface area contributed by atoms with Gasteiger partial charge in [-0.05, 0) is 0 Å². The summed E-state index contributed by atoms with van der Waals surface area (Å²) in [5.74, 6) is -1.42. The molecule has 0 unspecified atom stereocenters. The molecular weight excluding hydrogens is 411 g/mol. The number of carbonyl (C=O) groups is 2. The standard InChI is InChI=1S/C23H36BN2O6/c1-15(27)18(26-21(24)32-23(5,6)7)19(28)25-17(14-31-22(2,3)4)20(29)30-13-16-11-9-8-10-12-16/h8-12,15,17-18,26-27H,13-14H2,1-7H3,(H,25,28)/t15-,17+,18+/m1/s1. The second-order valence-corrected chi connectivity index (χ2v) is 9.52. The van der Waals surface area contributed by atoms with Gasteiger partial charge in [-0.2, -0.15) is 0 Å². The van der Waals surface area contributed by atoms with Crippen molar-refractivity contribution in [3.63, 3.8) is 0 Å². The van der Waals surface area contributed by atoms with Gasteiger partial charge in [-0.15, -0.1) is 0 Å². The second kappa shape index (κ2) is 12.0. The van der Waals surface area contributed by atoms with E-state index in [4.69, 9.17) is 21.7 Å². The molecule has 0 aliphatic rings. The number of amides is 1. The number of benzene rings is 1. The number of esters is 1. The minimum absolute atomic E-state index is 0.0553. The van der Waals surface area contributed by atoms with Gasteiger partial charge in [-0.3, -0.25) is 0 Å². The Labute approximate surface area is 192 Å². The number of aliphatic hydroxyl groups is 1. The van der Waals surface area contributed by atoms with Crippen LogP contribution in [0.2, 0.25) is 0 Å². The van der Waals surface area contributed by atoms with Gasteiger partial charge in [0.05, 0.1) is 0 Å². The first kappa shape index (κ1) is 27.6. The molecule has 0 heterocycles. The Hall–Kier alpha value is -2.39. The van der Waals surface area contributed by atoms with Crippen LogP contribution in [0, 0.1) is 0 Å². The summed E-state index contributed by atoms with van der Waals surface area (Å²) < 4.78 is 16.5. The van der Waals surface area contributed by atoms with Crippen molar-refractivity contribution < 1.29 is 28.9 Å². The van der Waals surface area contributed by atoms with Gasteiger partial charge in [-0.1, -0.05) is 6.07 Å². The number of rotatable bonds is 11. The van der Waals surface area contributed by atoms with Crippen LogP contribution in [0.1, 0.15) is 54.0 Å². The van der Waals surface area contributed by atoms with E-state index in [1.165, 1.54) is 6.92 Å². The van der Waals surface area contributed by atoms with E-state index in [0.29, 0.717) is 0 Å². The molecule has 0 bridgehead atoms. The fourth-order valence-electron chi connectivity index (χ4n) is 2.51. The molecular formula is C23H36BN2O6. The van der Waals surface area contributed by atoms with Gasteiger partial charge in [0.1, 0.15) is 0 Å². The maximum atomic E-state index is 12.9. The predicted octanol–water partition coefficient (Wildman–Crippen LogP) is 1.44. The van der Waals surface area contributed by atoms with Crippen LogP contribution in [0.15, 0.2) is 30.3 Å².